The molecule has 4 heteroatoms. The topological polar surface area (TPSA) is 56.7 Å². The molecule has 1 aromatic carbocycles. The maximum atomic E-state index is 6.07. The van der Waals surface area contributed by atoms with E-state index in [2.05, 4.69) is 52.6 Å². The van der Waals surface area contributed by atoms with Crippen LogP contribution in [0.5, 0.6) is 0 Å². The first-order valence-corrected chi connectivity index (χ1v) is 6.95. The Bertz CT molecular complexity index is 761. The summed E-state index contributed by atoms with van der Waals surface area (Å²) in [6.07, 6.45) is 7.17. The number of nitrogens with two attached hydrogens (primary N) is 1. The average Bonchev–Trinajstić information content (AvgIpc) is 2.97. The molecule has 0 saturated carbocycles. The first kappa shape index (κ1) is 13.4. The van der Waals surface area contributed by atoms with Crippen LogP contribution in [0.4, 0.5) is 5.69 Å². The summed E-state index contributed by atoms with van der Waals surface area (Å²) in [6, 6.07) is 10.4. The van der Waals surface area contributed by atoms with E-state index >= 15 is 0 Å². The van der Waals surface area contributed by atoms with Crippen molar-refractivity contribution in [2.45, 2.75) is 19.9 Å². The molecule has 0 aliphatic rings. The number of pyridine rings is 1. The molecule has 3 aromatic rings. The van der Waals surface area contributed by atoms with Gasteiger partial charge in [-0.2, -0.15) is 0 Å². The second kappa shape index (κ2) is 5.40. The van der Waals surface area contributed by atoms with Crippen molar-refractivity contribution < 1.29 is 0 Å². The molecule has 21 heavy (non-hydrogen) atoms. The quantitative estimate of drug-likeness (QED) is 0.798. The Morgan fingerprint density at radius 2 is 1.90 bits per heavy atom. The number of anilines is 1. The third kappa shape index (κ3) is 2.40. The molecule has 0 radical (unpaired) electrons. The SMILES string of the molecule is Cc1ccccc1C(C)n1cncc1-c1cnccc1N. The van der Waals surface area contributed by atoms with Gasteiger partial charge < -0.3 is 10.3 Å². The van der Waals surface area contributed by atoms with Gasteiger partial charge in [0.1, 0.15) is 0 Å². The summed E-state index contributed by atoms with van der Waals surface area (Å²) in [7, 11) is 0. The largest absolute Gasteiger partial charge is 0.398 e. The van der Waals surface area contributed by atoms with E-state index in [0.717, 1.165) is 11.3 Å². The van der Waals surface area contributed by atoms with E-state index in [1.807, 2.05) is 18.6 Å². The lowest BCUT2D eigenvalue weighted by Gasteiger charge is -2.19. The molecule has 0 aliphatic heterocycles. The second-order valence-corrected chi connectivity index (χ2v) is 5.18. The van der Waals surface area contributed by atoms with Crippen molar-refractivity contribution in [2.75, 3.05) is 5.73 Å². The molecule has 2 aromatic heterocycles. The van der Waals surface area contributed by atoms with E-state index in [4.69, 9.17) is 5.73 Å². The summed E-state index contributed by atoms with van der Waals surface area (Å²) >= 11 is 0. The number of hydrogen-bond donors (Lipinski definition) is 1. The lowest BCUT2D eigenvalue weighted by Crippen LogP contribution is -2.09. The molecular weight excluding hydrogens is 260 g/mol. The minimum Gasteiger partial charge on any atom is -0.398 e. The summed E-state index contributed by atoms with van der Waals surface area (Å²) in [6.45, 7) is 4.29. The van der Waals surface area contributed by atoms with Crippen LogP contribution >= 0.6 is 0 Å². The average molecular weight is 278 g/mol. The van der Waals surface area contributed by atoms with Crippen LogP contribution < -0.4 is 5.73 Å². The Kier molecular flexibility index (Phi) is 3.44. The fourth-order valence-corrected chi connectivity index (χ4v) is 2.65. The maximum absolute atomic E-state index is 6.07. The van der Waals surface area contributed by atoms with Crippen LogP contribution in [-0.4, -0.2) is 14.5 Å². The molecule has 3 rings (SSSR count). The number of imidazole rings is 1. The number of nitrogen functional groups attached to an aromatic ring is 1. The number of rotatable bonds is 3. The zero-order chi connectivity index (χ0) is 14.8. The Labute approximate surface area is 124 Å². The third-order valence-corrected chi connectivity index (χ3v) is 3.85. The first-order chi connectivity index (χ1) is 10.2. The summed E-state index contributed by atoms with van der Waals surface area (Å²) in [4.78, 5) is 8.47. The van der Waals surface area contributed by atoms with E-state index < -0.39 is 0 Å². The molecule has 2 N–H and O–H groups in total. The van der Waals surface area contributed by atoms with Crippen molar-refractivity contribution >= 4 is 5.69 Å². The van der Waals surface area contributed by atoms with Crippen LogP contribution in [0.1, 0.15) is 24.1 Å². The van der Waals surface area contributed by atoms with Crippen molar-refractivity contribution in [3.63, 3.8) is 0 Å². The molecular formula is C17H18N4. The van der Waals surface area contributed by atoms with Crippen molar-refractivity contribution in [2.24, 2.45) is 0 Å². The van der Waals surface area contributed by atoms with E-state index in [1.165, 1.54) is 11.1 Å². The lowest BCUT2D eigenvalue weighted by molar-refractivity contribution is 0.641. The molecule has 2 heterocycles. The van der Waals surface area contributed by atoms with Crippen LogP contribution in [0, 0.1) is 6.92 Å². The number of aryl methyl sites for hydroxylation is 1. The van der Waals surface area contributed by atoms with Crippen LogP contribution in [0.3, 0.4) is 0 Å². The molecule has 0 fully saturated rings. The molecule has 106 valence electrons. The highest BCUT2D eigenvalue weighted by Gasteiger charge is 2.15. The Morgan fingerprint density at radius 1 is 1.10 bits per heavy atom. The van der Waals surface area contributed by atoms with Crippen molar-refractivity contribution in [3.05, 3.63) is 66.4 Å². The molecule has 0 spiro atoms. The van der Waals surface area contributed by atoms with Crippen molar-refractivity contribution in [1.82, 2.24) is 14.5 Å². The molecule has 0 saturated heterocycles. The molecule has 4 nitrogen and oxygen atoms in total. The predicted molar refractivity (Wildman–Crippen MR) is 84.9 cm³/mol. The van der Waals surface area contributed by atoms with Crippen LogP contribution in [0.2, 0.25) is 0 Å². The lowest BCUT2D eigenvalue weighted by atomic mass is 10.0. The predicted octanol–water partition coefficient (Wildman–Crippen LogP) is 3.45. The molecule has 0 aliphatic carbocycles. The van der Waals surface area contributed by atoms with Gasteiger partial charge in [-0.25, -0.2) is 4.98 Å². The Morgan fingerprint density at radius 3 is 2.67 bits per heavy atom. The molecule has 0 bridgehead atoms. The van der Waals surface area contributed by atoms with Gasteiger partial charge >= 0.3 is 0 Å². The van der Waals surface area contributed by atoms with Crippen LogP contribution in [0.25, 0.3) is 11.3 Å². The summed E-state index contributed by atoms with van der Waals surface area (Å²) in [5.74, 6) is 0. The van der Waals surface area contributed by atoms with Gasteiger partial charge in [-0.3, -0.25) is 4.98 Å². The van der Waals surface area contributed by atoms with Gasteiger partial charge in [-0.05, 0) is 31.0 Å². The van der Waals surface area contributed by atoms with Crippen molar-refractivity contribution in [1.29, 1.82) is 0 Å². The fourth-order valence-electron chi connectivity index (χ4n) is 2.65. The van der Waals surface area contributed by atoms with E-state index in [1.54, 1.807) is 12.4 Å². The van der Waals surface area contributed by atoms with Gasteiger partial charge in [0, 0.05) is 23.6 Å². The van der Waals surface area contributed by atoms with Crippen LogP contribution in [-0.2, 0) is 0 Å². The normalized spacial score (nSPS) is 12.3. The van der Waals surface area contributed by atoms with Gasteiger partial charge in [0.25, 0.3) is 0 Å². The van der Waals surface area contributed by atoms with Gasteiger partial charge in [0.2, 0.25) is 0 Å². The highest BCUT2D eigenvalue weighted by atomic mass is 15.1. The summed E-state index contributed by atoms with van der Waals surface area (Å²) in [5.41, 5.74) is 11.2. The number of nitrogens with zero attached hydrogens (tertiary/aromatic N) is 3. The minimum atomic E-state index is 0.184. The fraction of sp³-hybridized carbons (Fsp3) is 0.176. The van der Waals surface area contributed by atoms with Crippen molar-refractivity contribution in [3.8, 4) is 11.3 Å². The first-order valence-electron chi connectivity index (χ1n) is 6.95. The zero-order valence-electron chi connectivity index (χ0n) is 12.2. The summed E-state index contributed by atoms with van der Waals surface area (Å²) in [5, 5.41) is 0. The zero-order valence-corrected chi connectivity index (χ0v) is 12.2. The highest BCUT2D eigenvalue weighted by Crippen LogP contribution is 2.30. The van der Waals surface area contributed by atoms with Gasteiger partial charge in [0.05, 0.1) is 24.3 Å². The Balaban J connectivity index is 2.08. The van der Waals surface area contributed by atoms with Crippen LogP contribution in [0.15, 0.2) is 55.2 Å². The number of aromatic nitrogens is 3. The monoisotopic (exact) mass is 278 g/mol. The molecule has 1 unspecified atom stereocenters. The Hall–Kier alpha value is -2.62. The molecule has 1 atom stereocenters. The van der Waals surface area contributed by atoms with Gasteiger partial charge in [-0.1, -0.05) is 24.3 Å². The standard InChI is InChI=1S/C17H18N4/c1-12-5-3-4-6-14(12)13(2)21-11-20-10-17(21)15-9-19-8-7-16(15)18/h3-11,13H,1-2H3,(H2,18,19). The maximum Gasteiger partial charge on any atom is 0.0956 e. The highest BCUT2D eigenvalue weighted by molar-refractivity contribution is 5.72. The van der Waals surface area contributed by atoms with Gasteiger partial charge in [0.15, 0.2) is 0 Å². The third-order valence-electron chi connectivity index (χ3n) is 3.85. The summed E-state index contributed by atoms with van der Waals surface area (Å²) < 4.78 is 2.13. The second-order valence-electron chi connectivity index (χ2n) is 5.18. The van der Waals surface area contributed by atoms with E-state index in [-0.39, 0.29) is 6.04 Å². The smallest absolute Gasteiger partial charge is 0.0956 e. The van der Waals surface area contributed by atoms with Gasteiger partial charge in [-0.15, -0.1) is 0 Å². The minimum absolute atomic E-state index is 0.184. The molecule has 0 amide bonds. The number of benzene rings is 1. The van der Waals surface area contributed by atoms with E-state index in [0.29, 0.717) is 5.69 Å². The number of hydrogen-bond acceptors (Lipinski definition) is 3. The van der Waals surface area contributed by atoms with E-state index in [9.17, 15) is 0 Å².